The number of rotatable bonds is 7. The standard InChI is InChI=1S/C34H36FN3O/c35-34(19-16-29-17-21-38(33(39)32(29)26-34)30-14-8-3-9-15-30)37-24-22-36(23-25-37)20-18-31(27-10-4-1-5-11-27)28-12-6-2-7-13-28/h1-16,26,31H,17-25H2. The van der Waals surface area contributed by atoms with Crippen LogP contribution in [0.4, 0.5) is 10.1 Å². The third kappa shape index (κ3) is 5.47. The number of nitrogens with zero attached hydrogens (tertiary/aromatic N) is 3. The zero-order chi connectivity index (χ0) is 26.7. The molecule has 39 heavy (non-hydrogen) atoms. The molecule has 0 radical (unpaired) electrons. The molecule has 4 nitrogen and oxygen atoms in total. The predicted molar refractivity (Wildman–Crippen MR) is 155 cm³/mol. The van der Waals surface area contributed by atoms with E-state index < -0.39 is 5.79 Å². The Bertz CT molecular complexity index is 1290. The number of carbonyl (C=O) groups excluding carboxylic acids is 1. The van der Waals surface area contributed by atoms with E-state index in [9.17, 15) is 4.79 Å². The van der Waals surface area contributed by atoms with Crippen LogP contribution in [0.15, 0.2) is 114 Å². The van der Waals surface area contributed by atoms with Crippen molar-refractivity contribution in [2.45, 2.75) is 31.0 Å². The minimum absolute atomic E-state index is 0.0908. The molecule has 0 N–H and O–H groups in total. The molecule has 200 valence electrons. The number of hydrogen-bond acceptors (Lipinski definition) is 3. The molecule has 3 aromatic carbocycles. The lowest BCUT2D eigenvalue weighted by atomic mass is 9.86. The summed E-state index contributed by atoms with van der Waals surface area (Å²) in [6.07, 6.45) is 5.69. The second kappa shape index (κ2) is 11.3. The number of halogens is 1. The van der Waals surface area contributed by atoms with E-state index in [1.807, 2.05) is 41.3 Å². The van der Waals surface area contributed by atoms with Crippen LogP contribution in [0.25, 0.3) is 0 Å². The maximum absolute atomic E-state index is 16.4. The molecule has 2 heterocycles. The maximum Gasteiger partial charge on any atom is 0.258 e. The van der Waals surface area contributed by atoms with E-state index in [2.05, 4.69) is 65.6 Å². The summed E-state index contributed by atoms with van der Waals surface area (Å²) in [6.45, 7) is 4.56. The second-order valence-corrected chi connectivity index (χ2v) is 10.8. The normalized spacial score (nSPS) is 22.4. The molecule has 1 unspecified atom stereocenters. The first-order chi connectivity index (χ1) is 19.1. The first-order valence-corrected chi connectivity index (χ1v) is 14.2. The van der Waals surface area contributed by atoms with Gasteiger partial charge in [0.05, 0.1) is 0 Å². The van der Waals surface area contributed by atoms with Crippen LogP contribution in [-0.4, -0.2) is 60.8 Å². The van der Waals surface area contributed by atoms with Crippen molar-refractivity contribution in [1.82, 2.24) is 9.80 Å². The van der Waals surface area contributed by atoms with Gasteiger partial charge in [-0.3, -0.25) is 9.69 Å². The molecule has 1 aliphatic carbocycles. The van der Waals surface area contributed by atoms with Crippen molar-refractivity contribution in [1.29, 1.82) is 0 Å². The van der Waals surface area contributed by atoms with Crippen molar-refractivity contribution in [2.75, 3.05) is 44.2 Å². The first-order valence-electron chi connectivity index (χ1n) is 14.2. The lowest BCUT2D eigenvalue weighted by Gasteiger charge is -2.44. The summed E-state index contributed by atoms with van der Waals surface area (Å²) >= 11 is 0. The average Bonchev–Trinajstić information content (AvgIpc) is 3.00. The number of anilines is 1. The van der Waals surface area contributed by atoms with Gasteiger partial charge in [-0.05, 0) is 54.3 Å². The van der Waals surface area contributed by atoms with Crippen molar-refractivity contribution < 1.29 is 9.18 Å². The van der Waals surface area contributed by atoms with E-state index in [1.54, 1.807) is 11.0 Å². The molecule has 0 spiro atoms. The minimum atomic E-state index is -1.61. The Morgan fingerprint density at radius 1 is 0.769 bits per heavy atom. The van der Waals surface area contributed by atoms with Crippen LogP contribution < -0.4 is 4.90 Å². The lowest BCUT2D eigenvalue weighted by molar-refractivity contribution is -0.115. The van der Waals surface area contributed by atoms with E-state index in [-0.39, 0.29) is 5.91 Å². The Kier molecular flexibility index (Phi) is 7.45. The number of fused-ring (bicyclic) bond motifs is 1. The zero-order valence-corrected chi connectivity index (χ0v) is 22.4. The van der Waals surface area contributed by atoms with Crippen molar-refractivity contribution >= 4 is 11.6 Å². The maximum atomic E-state index is 16.4. The summed E-state index contributed by atoms with van der Waals surface area (Å²) in [6, 6.07) is 31.1. The van der Waals surface area contributed by atoms with Gasteiger partial charge < -0.3 is 9.80 Å². The van der Waals surface area contributed by atoms with Gasteiger partial charge in [0.15, 0.2) is 5.79 Å². The lowest BCUT2D eigenvalue weighted by Crippen LogP contribution is -2.55. The van der Waals surface area contributed by atoms with Gasteiger partial charge in [-0.25, -0.2) is 4.39 Å². The van der Waals surface area contributed by atoms with E-state index >= 15 is 4.39 Å². The quantitative estimate of drug-likeness (QED) is 0.347. The van der Waals surface area contributed by atoms with Crippen LogP contribution in [0.2, 0.25) is 0 Å². The molecule has 2 aliphatic heterocycles. The molecule has 1 amide bonds. The summed E-state index contributed by atoms with van der Waals surface area (Å²) in [5.74, 6) is -1.36. The Morgan fingerprint density at radius 2 is 1.36 bits per heavy atom. The number of amides is 1. The Morgan fingerprint density at radius 3 is 1.97 bits per heavy atom. The number of carbonyl (C=O) groups is 1. The summed E-state index contributed by atoms with van der Waals surface area (Å²) in [4.78, 5) is 19.6. The van der Waals surface area contributed by atoms with Crippen LogP contribution in [0, 0.1) is 0 Å². The molecule has 1 atom stereocenters. The zero-order valence-electron chi connectivity index (χ0n) is 22.4. The molecule has 6 rings (SSSR count). The molecular weight excluding hydrogens is 485 g/mol. The highest BCUT2D eigenvalue weighted by molar-refractivity contribution is 6.10. The Hall–Kier alpha value is -3.54. The molecule has 5 heteroatoms. The SMILES string of the molecule is O=C1C2=CC(F)(N3CCN(CCC(c4ccccc4)c4ccccc4)CC3)CC=C2CCN1c1ccccc1. The molecule has 2 saturated heterocycles. The smallest absolute Gasteiger partial charge is 0.258 e. The van der Waals surface area contributed by atoms with Gasteiger partial charge in [0, 0.05) is 56.3 Å². The monoisotopic (exact) mass is 521 g/mol. The fourth-order valence-electron chi connectivity index (χ4n) is 6.29. The topological polar surface area (TPSA) is 26.8 Å². The van der Waals surface area contributed by atoms with E-state index in [4.69, 9.17) is 0 Å². The van der Waals surface area contributed by atoms with Crippen LogP contribution in [0.3, 0.4) is 0 Å². The van der Waals surface area contributed by atoms with Gasteiger partial charge in [0.2, 0.25) is 0 Å². The van der Waals surface area contributed by atoms with Crippen molar-refractivity contribution in [3.05, 3.63) is 125 Å². The number of para-hydroxylation sites is 1. The van der Waals surface area contributed by atoms with Gasteiger partial charge >= 0.3 is 0 Å². The van der Waals surface area contributed by atoms with Crippen molar-refractivity contribution in [3.8, 4) is 0 Å². The molecular formula is C34H36FN3O. The van der Waals surface area contributed by atoms with Gasteiger partial charge in [-0.2, -0.15) is 0 Å². The fraction of sp³-hybridized carbons (Fsp3) is 0.324. The highest BCUT2D eigenvalue weighted by Crippen LogP contribution is 2.38. The van der Waals surface area contributed by atoms with E-state index in [0.717, 1.165) is 43.7 Å². The number of alkyl halides is 1. The molecule has 2 fully saturated rings. The fourth-order valence-corrected chi connectivity index (χ4v) is 6.29. The van der Waals surface area contributed by atoms with Crippen molar-refractivity contribution in [3.63, 3.8) is 0 Å². The third-order valence-corrected chi connectivity index (χ3v) is 8.53. The summed E-state index contributed by atoms with van der Waals surface area (Å²) in [5, 5.41) is 0. The van der Waals surface area contributed by atoms with Gasteiger partial charge in [-0.15, -0.1) is 0 Å². The minimum Gasteiger partial charge on any atom is -0.308 e. The highest BCUT2D eigenvalue weighted by Gasteiger charge is 2.42. The van der Waals surface area contributed by atoms with Crippen LogP contribution in [0.1, 0.15) is 36.3 Å². The molecule has 0 aromatic heterocycles. The van der Waals surface area contributed by atoms with Crippen LogP contribution in [-0.2, 0) is 4.79 Å². The third-order valence-electron chi connectivity index (χ3n) is 8.53. The summed E-state index contributed by atoms with van der Waals surface area (Å²) in [5.41, 5.74) is 5.07. The molecule has 0 bridgehead atoms. The number of piperidine rings is 1. The molecule has 3 aliphatic rings. The van der Waals surface area contributed by atoms with Gasteiger partial charge in [0.1, 0.15) is 0 Å². The van der Waals surface area contributed by atoms with Gasteiger partial charge in [-0.1, -0.05) is 84.9 Å². The average molecular weight is 522 g/mol. The second-order valence-electron chi connectivity index (χ2n) is 10.8. The first kappa shape index (κ1) is 25.7. The number of piperazine rings is 1. The number of hydrogen-bond donors (Lipinski definition) is 0. The highest BCUT2D eigenvalue weighted by atomic mass is 19.1. The van der Waals surface area contributed by atoms with E-state index in [1.165, 1.54) is 11.1 Å². The molecule has 0 saturated carbocycles. The Balaban J connectivity index is 1.10. The van der Waals surface area contributed by atoms with Crippen LogP contribution >= 0.6 is 0 Å². The van der Waals surface area contributed by atoms with Gasteiger partial charge in [0.25, 0.3) is 5.91 Å². The largest absolute Gasteiger partial charge is 0.308 e. The predicted octanol–water partition coefficient (Wildman–Crippen LogP) is 6.19. The van der Waals surface area contributed by atoms with Crippen LogP contribution in [0.5, 0.6) is 0 Å². The number of benzene rings is 3. The summed E-state index contributed by atoms with van der Waals surface area (Å²) < 4.78 is 16.4. The van der Waals surface area contributed by atoms with Crippen molar-refractivity contribution in [2.24, 2.45) is 0 Å². The van der Waals surface area contributed by atoms with E-state index in [0.29, 0.717) is 37.5 Å². The molecule has 3 aromatic rings. The Labute approximate surface area is 231 Å². The summed E-state index contributed by atoms with van der Waals surface area (Å²) in [7, 11) is 0.